The zero-order valence-corrected chi connectivity index (χ0v) is 25.1. The molecule has 234 valence electrons. The lowest BCUT2D eigenvalue weighted by Crippen LogP contribution is -2.51. The van der Waals surface area contributed by atoms with Crippen molar-refractivity contribution in [1.82, 2.24) is 25.2 Å². The van der Waals surface area contributed by atoms with Gasteiger partial charge in [-0.2, -0.15) is 9.97 Å². The Bertz CT molecular complexity index is 1840. The molecule has 45 heavy (non-hydrogen) atoms. The lowest BCUT2D eigenvalue weighted by molar-refractivity contribution is 0.108. The molecule has 2 N–H and O–H groups in total. The number of rotatable bonds is 6. The number of nitrogens with one attached hydrogen (secondary N) is 1. The van der Waals surface area contributed by atoms with Crippen LogP contribution in [0.1, 0.15) is 50.6 Å². The molecule has 3 saturated heterocycles. The summed E-state index contributed by atoms with van der Waals surface area (Å²) in [7, 11) is 0. The molecule has 0 unspecified atom stereocenters. The summed E-state index contributed by atoms with van der Waals surface area (Å²) < 4.78 is 44.8. The van der Waals surface area contributed by atoms with Gasteiger partial charge in [0.15, 0.2) is 17.4 Å². The first-order valence-corrected chi connectivity index (χ1v) is 16.3. The van der Waals surface area contributed by atoms with Gasteiger partial charge < -0.3 is 24.8 Å². The number of pyridine rings is 1. The molecule has 9 rings (SSSR count). The van der Waals surface area contributed by atoms with Crippen LogP contribution in [0.4, 0.5) is 14.6 Å². The highest BCUT2D eigenvalue weighted by Gasteiger charge is 2.45. The molecule has 1 saturated carbocycles. The molecule has 1 aliphatic carbocycles. The summed E-state index contributed by atoms with van der Waals surface area (Å²) in [5, 5.41) is 15.8. The highest BCUT2D eigenvalue weighted by Crippen LogP contribution is 2.45. The molecular weight excluding hydrogens is 578 g/mol. The maximum Gasteiger partial charge on any atom is 0.319 e. The Morgan fingerprint density at radius 2 is 1.84 bits per heavy atom. The van der Waals surface area contributed by atoms with Gasteiger partial charge in [-0.25, -0.2) is 13.8 Å². The summed E-state index contributed by atoms with van der Waals surface area (Å²) in [5.74, 6) is -0.530. The minimum Gasteiger partial charge on any atom is -0.508 e. The van der Waals surface area contributed by atoms with Crippen LogP contribution in [0, 0.1) is 11.6 Å². The quantitative estimate of drug-likeness (QED) is 0.308. The fraction of sp³-hybridized carbons (Fsp3) is 0.500. The molecule has 6 heterocycles. The van der Waals surface area contributed by atoms with Gasteiger partial charge in [-0.05, 0) is 88.0 Å². The van der Waals surface area contributed by atoms with E-state index in [0.29, 0.717) is 40.7 Å². The number of ether oxygens (including phenoxy) is 2. The molecule has 9 nitrogen and oxygen atoms in total. The van der Waals surface area contributed by atoms with Crippen LogP contribution in [0.3, 0.4) is 0 Å². The number of benzene rings is 2. The predicted molar refractivity (Wildman–Crippen MR) is 166 cm³/mol. The van der Waals surface area contributed by atoms with Gasteiger partial charge >= 0.3 is 6.01 Å². The second-order valence-corrected chi connectivity index (χ2v) is 13.4. The fourth-order valence-corrected chi connectivity index (χ4v) is 8.14. The molecular formula is C34H36F2N6O3. The zero-order valence-electron chi connectivity index (χ0n) is 25.1. The molecule has 2 aromatic carbocycles. The van der Waals surface area contributed by atoms with Crippen molar-refractivity contribution in [3.8, 4) is 28.8 Å². The van der Waals surface area contributed by atoms with E-state index in [1.165, 1.54) is 18.2 Å². The van der Waals surface area contributed by atoms with Crippen LogP contribution in [0.15, 0.2) is 24.3 Å². The molecule has 1 atom stereocenters. The SMILES string of the molecule is Oc1cc(-c2nc3c4c(nc(OCC56CCCN5CCC6)nc4c2F)N2CCNC[C@H]2CC3)c2c(OC3CC3)c(F)ccc2c1. The van der Waals surface area contributed by atoms with Crippen molar-refractivity contribution in [3.05, 3.63) is 41.6 Å². The maximum absolute atomic E-state index is 17.1. The zero-order chi connectivity index (χ0) is 30.3. The Morgan fingerprint density at radius 1 is 1.00 bits per heavy atom. The van der Waals surface area contributed by atoms with Gasteiger partial charge in [-0.3, -0.25) is 4.90 Å². The van der Waals surface area contributed by atoms with Gasteiger partial charge in [0.2, 0.25) is 0 Å². The van der Waals surface area contributed by atoms with Crippen LogP contribution >= 0.6 is 0 Å². The van der Waals surface area contributed by atoms with Crippen molar-refractivity contribution < 1.29 is 23.4 Å². The van der Waals surface area contributed by atoms with Crippen molar-refractivity contribution >= 4 is 27.5 Å². The number of hydrogen-bond acceptors (Lipinski definition) is 9. The number of hydrogen-bond donors (Lipinski definition) is 2. The van der Waals surface area contributed by atoms with Crippen molar-refractivity contribution in [2.45, 2.75) is 69.1 Å². The minimum absolute atomic E-state index is 0.00889. The third kappa shape index (κ3) is 4.49. The van der Waals surface area contributed by atoms with Crippen LogP contribution in [-0.2, 0) is 6.42 Å². The number of aromatic hydroxyl groups is 1. The van der Waals surface area contributed by atoms with E-state index in [2.05, 4.69) is 15.1 Å². The van der Waals surface area contributed by atoms with Gasteiger partial charge in [0, 0.05) is 36.6 Å². The van der Waals surface area contributed by atoms with Crippen molar-refractivity contribution in [1.29, 1.82) is 0 Å². The van der Waals surface area contributed by atoms with Crippen molar-refractivity contribution in [3.63, 3.8) is 0 Å². The van der Waals surface area contributed by atoms with E-state index >= 15 is 8.78 Å². The molecule has 11 heteroatoms. The average Bonchev–Trinajstić information content (AvgIpc) is 3.68. The highest BCUT2D eigenvalue weighted by molar-refractivity contribution is 6.04. The molecule has 4 aromatic rings. The normalized spacial score (nSPS) is 22.4. The van der Waals surface area contributed by atoms with Crippen molar-refractivity contribution in [2.75, 3.05) is 44.2 Å². The molecule has 2 aromatic heterocycles. The second kappa shape index (κ2) is 10.3. The van der Waals surface area contributed by atoms with Crippen LogP contribution in [0.25, 0.3) is 32.9 Å². The molecule has 5 aliphatic rings. The highest BCUT2D eigenvalue weighted by atomic mass is 19.1. The number of piperazine rings is 1. The van der Waals surface area contributed by atoms with E-state index in [9.17, 15) is 5.11 Å². The van der Waals surface area contributed by atoms with E-state index in [0.717, 1.165) is 77.7 Å². The van der Waals surface area contributed by atoms with Crippen LogP contribution in [0.5, 0.6) is 17.5 Å². The number of halogens is 2. The van der Waals surface area contributed by atoms with E-state index in [-0.39, 0.29) is 52.0 Å². The number of aryl methyl sites for hydroxylation is 1. The van der Waals surface area contributed by atoms with Crippen LogP contribution in [0.2, 0.25) is 0 Å². The Balaban J connectivity index is 1.24. The lowest BCUT2D eigenvalue weighted by atomic mass is 9.95. The molecule has 0 bridgehead atoms. The van der Waals surface area contributed by atoms with Gasteiger partial charge in [-0.1, -0.05) is 6.07 Å². The summed E-state index contributed by atoms with van der Waals surface area (Å²) in [5.41, 5.74) is 1.09. The van der Waals surface area contributed by atoms with Crippen molar-refractivity contribution in [2.24, 2.45) is 0 Å². The number of nitrogens with zero attached hydrogens (tertiary/aromatic N) is 5. The third-order valence-electron chi connectivity index (χ3n) is 10.5. The number of anilines is 1. The first-order valence-electron chi connectivity index (χ1n) is 16.3. The summed E-state index contributed by atoms with van der Waals surface area (Å²) in [6.07, 6.45) is 7.43. The fourth-order valence-electron chi connectivity index (χ4n) is 8.14. The minimum atomic E-state index is -0.647. The largest absolute Gasteiger partial charge is 0.508 e. The monoisotopic (exact) mass is 614 g/mol. The summed E-state index contributed by atoms with van der Waals surface area (Å²) in [6.45, 7) is 4.94. The Morgan fingerprint density at radius 3 is 2.67 bits per heavy atom. The first kappa shape index (κ1) is 27.5. The first-order chi connectivity index (χ1) is 22.0. The van der Waals surface area contributed by atoms with Crippen LogP contribution in [-0.4, -0.2) is 82.0 Å². The third-order valence-corrected chi connectivity index (χ3v) is 10.5. The van der Waals surface area contributed by atoms with E-state index < -0.39 is 11.6 Å². The van der Waals surface area contributed by atoms with E-state index in [1.807, 2.05) is 0 Å². The lowest BCUT2D eigenvalue weighted by Gasteiger charge is -2.36. The van der Waals surface area contributed by atoms with Gasteiger partial charge in [0.25, 0.3) is 0 Å². The molecule has 4 aliphatic heterocycles. The molecule has 0 spiro atoms. The number of aromatic nitrogens is 3. The second-order valence-electron chi connectivity index (χ2n) is 13.4. The maximum atomic E-state index is 17.1. The Kier molecular flexibility index (Phi) is 6.32. The molecule has 4 fully saturated rings. The van der Waals surface area contributed by atoms with Gasteiger partial charge in [0.1, 0.15) is 29.4 Å². The van der Waals surface area contributed by atoms with E-state index in [1.54, 1.807) is 6.07 Å². The van der Waals surface area contributed by atoms with E-state index in [4.69, 9.17) is 24.4 Å². The van der Waals surface area contributed by atoms with Gasteiger partial charge in [0.05, 0.1) is 22.7 Å². The number of phenolic OH excluding ortho intramolecular Hbond substituents is 1. The predicted octanol–water partition coefficient (Wildman–Crippen LogP) is 5.10. The molecule has 0 radical (unpaired) electrons. The Hall–Kier alpha value is -3.83. The van der Waals surface area contributed by atoms with Gasteiger partial charge in [-0.15, -0.1) is 0 Å². The number of fused-ring (bicyclic) bond motifs is 4. The summed E-state index contributed by atoms with van der Waals surface area (Å²) >= 11 is 0. The van der Waals surface area contributed by atoms with Crippen LogP contribution < -0.4 is 19.7 Å². The summed E-state index contributed by atoms with van der Waals surface area (Å²) in [6, 6.07) is 6.22. The average molecular weight is 615 g/mol. The Labute approximate surface area is 259 Å². The standard InChI is InChI=1S/C34H36F2N6O3/c35-24-7-3-19-15-21(43)16-23(26(19)31(24)45-22-5-6-22)29-28(36)30-27-25(38-29)8-4-20-17-37-11-14-42(20)32(27)40-33(39-30)44-18-34-9-1-12-41(34)13-2-10-34/h3,7,15-16,20,22,37,43H,1-2,4-6,8-14,17-18H2/t20-/m1/s1. The topological polar surface area (TPSA) is 95.9 Å². The molecule has 0 amide bonds. The smallest absolute Gasteiger partial charge is 0.319 e. The summed E-state index contributed by atoms with van der Waals surface area (Å²) in [4.78, 5) is 19.4. The number of phenols is 1.